The molecule has 0 atom stereocenters. The Morgan fingerprint density at radius 2 is 2.06 bits per heavy atom. The van der Waals surface area contributed by atoms with Crippen molar-refractivity contribution in [2.24, 2.45) is 5.41 Å². The summed E-state index contributed by atoms with van der Waals surface area (Å²) in [7, 11) is 3.57. The maximum atomic E-state index is 12.2. The third-order valence-electron chi connectivity index (χ3n) is 3.28. The van der Waals surface area contributed by atoms with Crippen molar-refractivity contribution in [3.8, 4) is 0 Å². The van der Waals surface area contributed by atoms with E-state index in [2.05, 4.69) is 0 Å². The lowest BCUT2D eigenvalue weighted by Crippen LogP contribution is -2.43. The molecule has 0 aromatic heterocycles. The number of carbonyl (C=O) groups is 2. The van der Waals surface area contributed by atoms with E-state index < -0.39 is 6.09 Å². The van der Waals surface area contributed by atoms with Crippen molar-refractivity contribution in [3.05, 3.63) is 11.9 Å². The Morgan fingerprint density at radius 1 is 1.44 bits per heavy atom. The number of rotatable bonds is 1. The molecule has 1 aliphatic heterocycles. The highest BCUT2D eigenvalue weighted by atomic mass is 16.4. The molecule has 88 valence electrons. The first-order chi connectivity index (χ1) is 7.46. The third-order valence-corrected chi connectivity index (χ3v) is 3.28. The number of likely N-dealkylation sites (tertiary alicyclic amines) is 1. The minimum atomic E-state index is -1.04. The summed E-state index contributed by atoms with van der Waals surface area (Å²) in [4.78, 5) is 26.1. The highest BCUT2D eigenvalue weighted by molar-refractivity contribution is 6.04. The smallest absolute Gasteiger partial charge is 0.411 e. The summed E-state index contributed by atoms with van der Waals surface area (Å²) in [6.45, 7) is 0.431. The normalized spacial score (nSPS) is 25.0. The number of hydrogen-bond acceptors (Lipinski definition) is 3. The van der Waals surface area contributed by atoms with Gasteiger partial charge in [0.25, 0.3) is 0 Å². The standard InChI is InChI=1S/C11H16N2O3/c1-12(2)7-8-9(14)11(3-4-11)5-6-13(8)10(15)16/h7H,3-6H2,1-2H3,(H,15,16). The molecule has 1 heterocycles. The molecular weight excluding hydrogens is 208 g/mol. The Bertz CT molecular complexity index is 369. The molecule has 2 fully saturated rings. The van der Waals surface area contributed by atoms with E-state index in [9.17, 15) is 9.59 Å². The van der Waals surface area contributed by atoms with Gasteiger partial charge in [-0.05, 0) is 19.3 Å². The first kappa shape index (κ1) is 11.0. The molecule has 0 radical (unpaired) electrons. The molecule has 1 saturated carbocycles. The quantitative estimate of drug-likeness (QED) is 0.678. The van der Waals surface area contributed by atoms with Crippen molar-refractivity contribution in [2.45, 2.75) is 19.3 Å². The van der Waals surface area contributed by atoms with Crippen LogP contribution >= 0.6 is 0 Å². The van der Waals surface area contributed by atoms with Crippen LogP contribution < -0.4 is 0 Å². The maximum Gasteiger partial charge on any atom is 0.411 e. The van der Waals surface area contributed by atoms with Gasteiger partial charge in [0.2, 0.25) is 0 Å². The number of allylic oxidation sites excluding steroid dienone is 1. The second-order valence-electron chi connectivity index (χ2n) is 4.77. The van der Waals surface area contributed by atoms with E-state index in [1.807, 2.05) is 0 Å². The van der Waals surface area contributed by atoms with Gasteiger partial charge >= 0.3 is 6.09 Å². The van der Waals surface area contributed by atoms with E-state index in [4.69, 9.17) is 5.11 Å². The maximum absolute atomic E-state index is 12.2. The van der Waals surface area contributed by atoms with Gasteiger partial charge in [-0.2, -0.15) is 0 Å². The van der Waals surface area contributed by atoms with Crippen LogP contribution in [0.1, 0.15) is 19.3 Å². The summed E-state index contributed by atoms with van der Waals surface area (Å²) in [5, 5.41) is 9.04. The van der Waals surface area contributed by atoms with Gasteiger partial charge in [0.15, 0.2) is 5.78 Å². The van der Waals surface area contributed by atoms with E-state index in [0.29, 0.717) is 18.7 Å². The van der Waals surface area contributed by atoms with Crippen LogP contribution in [0.5, 0.6) is 0 Å². The van der Waals surface area contributed by atoms with Gasteiger partial charge in [-0.3, -0.25) is 9.69 Å². The number of carbonyl (C=O) groups excluding carboxylic acids is 1. The minimum absolute atomic E-state index is 0.00477. The molecule has 1 aliphatic carbocycles. The minimum Gasteiger partial charge on any atom is -0.465 e. The van der Waals surface area contributed by atoms with Gasteiger partial charge in [0, 0.05) is 32.3 Å². The Balaban J connectivity index is 2.31. The summed E-state index contributed by atoms with van der Waals surface area (Å²) in [6, 6.07) is 0. The molecule has 2 aliphatic rings. The number of ketones is 1. The lowest BCUT2D eigenvalue weighted by Gasteiger charge is -2.31. The fourth-order valence-corrected chi connectivity index (χ4v) is 2.15. The second-order valence-corrected chi connectivity index (χ2v) is 4.77. The molecule has 1 N–H and O–H groups in total. The summed E-state index contributed by atoms with van der Waals surface area (Å²) < 4.78 is 0. The van der Waals surface area contributed by atoms with Gasteiger partial charge in [-0.1, -0.05) is 0 Å². The zero-order valence-corrected chi connectivity index (χ0v) is 9.56. The molecule has 0 aromatic rings. The zero-order chi connectivity index (χ0) is 11.9. The number of amides is 1. The zero-order valence-electron chi connectivity index (χ0n) is 9.56. The molecule has 0 bridgehead atoms. The van der Waals surface area contributed by atoms with E-state index >= 15 is 0 Å². The average Bonchev–Trinajstić information content (AvgIpc) is 2.93. The Morgan fingerprint density at radius 3 is 2.50 bits per heavy atom. The number of nitrogens with zero attached hydrogens (tertiary/aromatic N) is 2. The van der Waals surface area contributed by atoms with E-state index in [0.717, 1.165) is 17.7 Å². The Hall–Kier alpha value is -1.52. The van der Waals surface area contributed by atoms with Crippen molar-refractivity contribution >= 4 is 11.9 Å². The molecule has 16 heavy (non-hydrogen) atoms. The molecule has 0 aromatic carbocycles. The highest BCUT2D eigenvalue weighted by Gasteiger charge is 2.54. The van der Waals surface area contributed by atoms with Crippen LogP contribution in [-0.4, -0.2) is 47.4 Å². The van der Waals surface area contributed by atoms with Crippen molar-refractivity contribution in [1.29, 1.82) is 0 Å². The topological polar surface area (TPSA) is 60.9 Å². The van der Waals surface area contributed by atoms with Gasteiger partial charge in [-0.15, -0.1) is 0 Å². The fourth-order valence-electron chi connectivity index (χ4n) is 2.15. The largest absolute Gasteiger partial charge is 0.465 e. The molecule has 2 rings (SSSR count). The van der Waals surface area contributed by atoms with Crippen LogP contribution in [0.25, 0.3) is 0 Å². The summed E-state index contributed by atoms with van der Waals surface area (Å²) >= 11 is 0. The summed E-state index contributed by atoms with van der Waals surface area (Å²) in [6.07, 6.45) is 3.05. The Kier molecular flexibility index (Phi) is 2.40. The number of carboxylic acid groups (broad SMARTS) is 1. The van der Waals surface area contributed by atoms with Crippen molar-refractivity contribution < 1.29 is 14.7 Å². The number of Topliss-reactive ketones (excluding diaryl/α,β-unsaturated/α-hetero) is 1. The van der Waals surface area contributed by atoms with Crippen LogP contribution in [-0.2, 0) is 4.79 Å². The van der Waals surface area contributed by atoms with Gasteiger partial charge in [0.1, 0.15) is 5.70 Å². The van der Waals surface area contributed by atoms with Crippen LogP contribution in [0.2, 0.25) is 0 Å². The lowest BCUT2D eigenvalue weighted by atomic mass is 9.90. The average molecular weight is 224 g/mol. The molecule has 5 nitrogen and oxygen atoms in total. The molecule has 1 saturated heterocycles. The molecular formula is C11H16N2O3. The molecule has 1 amide bonds. The van der Waals surface area contributed by atoms with Crippen LogP contribution in [0.3, 0.4) is 0 Å². The van der Waals surface area contributed by atoms with E-state index in [1.54, 1.807) is 25.2 Å². The number of hydrogen-bond donors (Lipinski definition) is 1. The molecule has 1 spiro atoms. The van der Waals surface area contributed by atoms with Crippen LogP contribution in [0, 0.1) is 5.41 Å². The van der Waals surface area contributed by atoms with Crippen LogP contribution in [0.4, 0.5) is 4.79 Å². The van der Waals surface area contributed by atoms with Gasteiger partial charge < -0.3 is 10.0 Å². The fraction of sp³-hybridized carbons (Fsp3) is 0.636. The summed E-state index contributed by atoms with van der Waals surface area (Å²) in [5.41, 5.74) is 0.0922. The predicted octanol–water partition coefficient (Wildman–Crippen LogP) is 1.12. The first-order valence-electron chi connectivity index (χ1n) is 5.40. The van der Waals surface area contributed by atoms with E-state index in [1.165, 1.54) is 0 Å². The van der Waals surface area contributed by atoms with Crippen LogP contribution in [0.15, 0.2) is 11.9 Å². The summed E-state index contributed by atoms with van der Waals surface area (Å²) in [5.74, 6) is -0.00477. The van der Waals surface area contributed by atoms with Crippen molar-refractivity contribution in [3.63, 3.8) is 0 Å². The SMILES string of the molecule is CN(C)C=C1C(=O)C2(CCN1C(=O)O)CC2. The first-order valence-corrected chi connectivity index (χ1v) is 5.40. The monoisotopic (exact) mass is 224 g/mol. The number of piperidine rings is 1. The van der Waals surface area contributed by atoms with Crippen molar-refractivity contribution in [1.82, 2.24) is 9.80 Å². The van der Waals surface area contributed by atoms with E-state index in [-0.39, 0.29) is 11.2 Å². The molecule has 0 unspecified atom stereocenters. The Labute approximate surface area is 94.3 Å². The lowest BCUT2D eigenvalue weighted by molar-refractivity contribution is -0.124. The third kappa shape index (κ3) is 1.66. The van der Waals surface area contributed by atoms with Gasteiger partial charge in [-0.25, -0.2) is 4.79 Å². The highest BCUT2D eigenvalue weighted by Crippen LogP contribution is 2.53. The predicted molar refractivity (Wildman–Crippen MR) is 57.8 cm³/mol. The molecule has 5 heteroatoms. The second kappa shape index (κ2) is 3.50. The van der Waals surface area contributed by atoms with Gasteiger partial charge in [0.05, 0.1) is 0 Å². The van der Waals surface area contributed by atoms with Crippen molar-refractivity contribution in [2.75, 3.05) is 20.6 Å².